The van der Waals surface area contributed by atoms with Gasteiger partial charge in [-0.2, -0.15) is 0 Å². The highest BCUT2D eigenvalue weighted by molar-refractivity contribution is 7.90. The van der Waals surface area contributed by atoms with E-state index >= 15 is 0 Å². The number of fused-ring (bicyclic) bond motifs is 1. The molecule has 0 radical (unpaired) electrons. The van der Waals surface area contributed by atoms with E-state index in [0.717, 1.165) is 9.18 Å². The summed E-state index contributed by atoms with van der Waals surface area (Å²) < 4.78 is 26.2. The lowest BCUT2D eigenvalue weighted by molar-refractivity contribution is 0.0846. The Balaban J connectivity index is 1.98. The number of hydrogen-bond acceptors (Lipinski definition) is 5. The molecule has 3 rings (SSSR count). The number of carbonyl (C=O) groups is 1. The lowest BCUT2D eigenvalue weighted by atomic mass is 10.2. The van der Waals surface area contributed by atoms with Gasteiger partial charge in [0, 0.05) is 4.88 Å². The van der Waals surface area contributed by atoms with E-state index in [-0.39, 0.29) is 23.0 Å². The van der Waals surface area contributed by atoms with Crippen molar-refractivity contribution in [3.05, 3.63) is 52.2 Å². The molecule has 7 heteroatoms. The van der Waals surface area contributed by atoms with E-state index in [2.05, 4.69) is 0 Å². The monoisotopic (exact) mass is 336 g/mol. The molecule has 2 aromatic rings. The Bertz CT molecular complexity index is 798. The topological polar surface area (TPSA) is 57.7 Å². The summed E-state index contributed by atoms with van der Waals surface area (Å²) in [5, 5.41) is 1.95. The van der Waals surface area contributed by atoms with E-state index in [1.807, 2.05) is 36.5 Å². The summed E-state index contributed by atoms with van der Waals surface area (Å²) >= 11 is 1.55. The van der Waals surface area contributed by atoms with Crippen LogP contribution >= 0.6 is 11.3 Å². The van der Waals surface area contributed by atoms with Crippen LogP contribution in [0.3, 0.4) is 0 Å². The molecular formula is C15H16N2O3S2. The van der Waals surface area contributed by atoms with Gasteiger partial charge in [0.15, 0.2) is 0 Å². The molecule has 0 saturated heterocycles. The number of amides is 1. The number of benzene rings is 1. The highest BCUT2D eigenvalue weighted by Gasteiger charge is 2.42. The van der Waals surface area contributed by atoms with E-state index in [1.54, 1.807) is 29.5 Å². The molecule has 0 unspecified atom stereocenters. The van der Waals surface area contributed by atoms with Crippen LogP contribution in [0, 0.1) is 0 Å². The van der Waals surface area contributed by atoms with E-state index in [1.165, 1.54) is 6.07 Å². The third kappa shape index (κ3) is 2.35. The van der Waals surface area contributed by atoms with Gasteiger partial charge in [0.1, 0.15) is 4.90 Å². The summed E-state index contributed by atoms with van der Waals surface area (Å²) in [5.74, 6) is -0.445. The van der Waals surface area contributed by atoms with E-state index in [0.29, 0.717) is 0 Å². The number of thiophene rings is 1. The fourth-order valence-corrected chi connectivity index (χ4v) is 5.05. The van der Waals surface area contributed by atoms with Gasteiger partial charge in [-0.15, -0.1) is 11.3 Å². The van der Waals surface area contributed by atoms with Gasteiger partial charge in [0.25, 0.3) is 15.9 Å². The predicted molar refractivity (Wildman–Crippen MR) is 85.4 cm³/mol. The maximum absolute atomic E-state index is 12.6. The first kappa shape index (κ1) is 15.2. The maximum Gasteiger partial charge on any atom is 0.269 e. The number of nitrogens with zero attached hydrogens (tertiary/aromatic N) is 2. The molecule has 2 heterocycles. The minimum atomic E-state index is -3.75. The second-order valence-electron chi connectivity index (χ2n) is 5.33. The van der Waals surface area contributed by atoms with Crippen molar-refractivity contribution in [3.8, 4) is 0 Å². The molecule has 1 atom stereocenters. The first-order valence-corrected chi connectivity index (χ1v) is 9.11. The van der Waals surface area contributed by atoms with Crippen LogP contribution in [0.2, 0.25) is 0 Å². The SMILES string of the molecule is CN(C)[C@@H](CN1C(=O)c2ccccc2S1(=O)=O)c1cccs1. The first-order chi connectivity index (χ1) is 10.4. The molecule has 0 bridgehead atoms. The summed E-state index contributed by atoms with van der Waals surface area (Å²) in [4.78, 5) is 15.5. The average Bonchev–Trinajstić information content (AvgIpc) is 3.06. The van der Waals surface area contributed by atoms with Gasteiger partial charge in [-0.25, -0.2) is 12.7 Å². The zero-order chi connectivity index (χ0) is 15.9. The molecule has 1 amide bonds. The van der Waals surface area contributed by atoms with Gasteiger partial charge >= 0.3 is 0 Å². The minimum absolute atomic E-state index is 0.101. The minimum Gasteiger partial charge on any atom is -0.300 e. The van der Waals surface area contributed by atoms with Crippen molar-refractivity contribution < 1.29 is 13.2 Å². The van der Waals surface area contributed by atoms with Crippen LogP contribution in [0.15, 0.2) is 46.7 Å². The van der Waals surface area contributed by atoms with Crippen molar-refractivity contribution in [1.82, 2.24) is 9.21 Å². The smallest absolute Gasteiger partial charge is 0.269 e. The molecule has 0 saturated carbocycles. The summed E-state index contributed by atoms with van der Waals surface area (Å²) in [6.07, 6.45) is 0. The van der Waals surface area contributed by atoms with Crippen LogP contribution in [-0.2, 0) is 10.0 Å². The normalized spacial score (nSPS) is 17.8. The second-order valence-corrected chi connectivity index (χ2v) is 8.14. The quantitative estimate of drug-likeness (QED) is 0.859. The number of hydrogen-bond donors (Lipinski definition) is 0. The zero-order valence-corrected chi connectivity index (χ0v) is 13.9. The number of sulfonamides is 1. The molecule has 0 spiro atoms. The molecule has 5 nitrogen and oxygen atoms in total. The lowest BCUT2D eigenvalue weighted by Crippen LogP contribution is -2.38. The van der Waals surface area contributed by atoms with Crippen molar-refractivity contribution in [2.75, 3.05) is 20.6 Å². The van der Waals surface area contributed by atoms with Crippen molar-refractivity contribution in [2.45, 2.75) is 10.9 Å². The van der Waals surface area contributed by atoms with Crippen LogP contribution in [0.5, 0.6) is 0 Å². The standard InChI is InChI=1S/C15H16N2O3S2/c1-16(2)12(13-7-5-9-21-13)10-17-15(18)11-6-3-4-8-14(11)22(17,19)20/h3-9,12H,10H2,1-2H3/t12-/m0/s1. The van der Waals surface area contributed by atoms with Gasteiger partial charge in [0.2, 0.25) is 0 Å². The zero-order valence-electron chi connectivity index (χ0n) is 12.3. The van der Waals surface area contributed by atoms with Crippen molar-refractivity contribution in [2.24, 2.45) is 0 Å². The summed E-state index contributed by atoms with van der Waals surface area (Å²) in [5.41, 5.74) is 0.256. The maximum atomic E-state index is 12.6. The van der Waals surface area contributed by atoms with Crippen LogP contribution in [0.25, 0.3) is 0 Å². The van der Waals surface area contributed by atoms with Crippen molar-refractivity contribution in [3.63, 3.8) is 0 Å². The third-order valence-corrected chi connectivity index (χ3v) is 6.53. The number of carbonyl (C=O) groups excluding carboxylic acids is 1. The molecule has 0 fully saturated rings. The van der Waals surface area contributed by atoms with Gasteiger partial charge in [-0.3, -0.25) is 4.79 Å². The average molecular weight is 336 g/mol. The molecule has 1 aromatic carbocycles. The number of rotatable bonds is 4. The highest BCUT2D eigenvalue weighted by Crippen LogP contribution is 2.33. The van der Waals surface area contributed by atoms with E-state index in [4.69, 9.17) is 0 Å². The summed E-state index contributed by atoms with van der Waals surface area (Å²) in [7, 11) is 0.00584. The Morgan fingerprint density at radius 3 is 2.50 bits per heavy atom. The largest absolute Gasteiger partial charge is 0.300 e. The van der Waals surface area contributed by atoms with Gasteiger partial charge < -0.3 is 4.90 Å². The van der Waals surface area contributed by atoms with Crippen LogP contribution in [0.4, 0.5) is 0 Å². The van der Waals surface area contributed by atoms with Crippen molar-refractivity contribution >= 4 is 27.3 Å². The lowest BCUT2D eigenvalue weighted by Gasteiger charge is -2.27. The third-order valence-electron chi connectivity index (χ3n) is 3.75. The Kier molecular flexibility index (Phi) is 3.80. The second kappa shape index (κ2) is 5.49. The van der Waals surface area contributed by atoms with Crippen LogP contribution in [0.1, 0.15) is 21.3 Å². The summed E-state index contributed by atoms with van der Waals surface area (Å²) in [6, 6.07) is 10.1. The van der Waals surface area contributed by atoms with Crippen LogP contribution in [-0.4, -0.2) is 44.2 Å². The Morgan fingerprint density at radius 2 is 1.91 bits per heavy atom. The molecular weight excluding hydrogens is 320 g/mol. The number of likely N-dealkylation sites (N-methyl/N-ethyl adjacent to an activating group) is 1. The van der Waals surface area contributed by atoms with Gasteiger partial charge in [0.05, 0.1) is 18.2 Å². The molecule has 22 heavy (non-hydrogen) atoms. The molecule has 1 aliphatic rings. The molecule has 1 aromatic heterocycles. The fourth-order valence-electron chi connectivity index (χ4n) is 2.56. The van der Waals surface area contributed by atoms with Crippen LogP contribution < -0.4 is 0 Å². The van der Waals surface area contributed by atoms with Gasteiger partial charge in [-0.05, 0) is 37.7 Å². The highest BCUT2D eigenvalue weighted by atomic mass is 32.2. The van der Waals surface area contributed by atoms with E-state index < -0.39 is 15.9 Å². The summed E-state index contributed by atoms with van der Waals surface area (Å²) in [6.45, 7) is 0.114. The fraction of sp³-hybridized carbons (Fsp3) is 0.267. The molecule has 1 aliphatic heterocycles. The Hall–Kier alpha value is -1.70. The van der Waals surface area contributed by atoms with E-state index in [9.17, 15) is 13.2 Å². The molecule has 0 aliphatic carbocycles. The first-order valence-electron chi connectivity index (χ1n) is 6.79. The van der Waals surface area contributed by atoms with Gasteiger partial charge in [-0.1, -0.05) is 18.2 Å². The predicted octanol–water partition coefficient (Wildman–Crippen LogP) is 2.20. The van der Waals surface area contributed by atoms with Crippen molar-refractivity contribution in [1.29, 1.82) is 0 Å². The molecule has 116 valence electrons. The Morgan fingerprint density at radius 1 is 1.18 bits per heavy atom. The molecule has 0 N–H and O–H groups in total. The Labute approximate surface area is 133 Å².